The van der Waals surface area contributed by atoms with Crippen molar-refractivity contribution in [3.63, 3.8) is 0 Å². The van der Waals surface area contributed by atoms with Gasteiger partial charge in [-0.1, -0.05) is 17.7 Å². The molecule has 0 aliphatic heterocycles. The summed E-state index contributed by atoms with van der Waals surface area (Å²) in [6.07, 6.45) is 0. The molecule has 1 atom stereocenters. The van der Waals surface area contributed by atoms with Crippen LogP contribution in [0.5, 0.6) is 0 Å². The zero-order chi connectivity index (χ0) is 13.7. The summed E-state index contributed by atoms with van der Waals surface area (Å²) < 4.78 is 0. The zero-order valence-electron chi connectivity index (χ0n) is 10.3. The van der Waals surface area contributed by atoms with Crippen LogP contribution in [0.3, 0.4) is 0 Å². The van der Waals surface area contributed by atoms with E-state index in [0.717, 1.165) is 5.56 Å². The summed E-state index contributed by atoms with van der Waals surface area (Å²) in [6, 6.07) is 5.32. The fraction of sp³-hybridized carbons (Fsp3) is 0.333. The summed E-state index contributed by atoms with van der Waals surface area (Å²) in [4.78, 5) is 23.7. The highest BCUT2D eigenvalue weighted by Gasteiger charge is 2.21. The maximum atomic E-state index is 11.7. The second-order valence-electron chi connectivity index (χ2n) is 3.92. The monoisotopic (exact) mass is 252 g/mol. The van der Waals surface area contributed by atoms with Gasteiger partial charge in [-0.3, -0.25) is 4.90 Å². The lowest BCUT2D eigenvalue weighted by Crippen LogP contribution is -2.48. The maximum Gasteiger partial charge on any atom is 0.328 e. The normalized spacial score (nSPS) is 11.7. The number of anilines is 1. The van der Waals surface area contributed by atoms with E-state index < -0.39 is 24.6 Å². The number of hydrogen-bond acceptors (Lipinski definition) is 3. The van der Waals surface area contributed by atoms with Gasteiger partial charge in [0.2, 0.25) is 0 Å². The molecule has 0 bridgehead atoms. The number of carboxylic acids is 1. The summed E-state index contributed by atoms with van der Waals surface area (Å²) in [6.45, 7) is 1.28. The van der Waals surface area contributed by atoms with Crippen molar-refractivity contribution in [2.24, 2.45) is 0 Å². The van der Waals surface area contributed by atoms with E-state index in [2.05, 4.69) is 5.32 Å². The first-order valence-electron chi connectivity index (χ1n) is 5.40. The van der Waals surface area contributed by atoms with Crippen molar-refractivity contribution in [1.82, 2.24) is 5.32 Å². The number of aliphatic hydroxyl groups excluding tert-OH is 1. The van der Waals surface area contributed by atoms with Crippen LogP contribution in [0.1, 0.15) is 5.56 Å². The molecule has 0 radical (unpaired) electrons. The second kappa shape index (κ2) is 6.02. The molecule has 6 heteroatoms. The molecule has 1 aromatic rings. The van der Waals surface area contributed by atoms with Crippen LogP contribution in [-0.4, -0.2) is 41.9 Å². The first-order valence-corrected chi connectivity index (χ1v) is 5.40. The van der Waals surface area contributed by atoms with Crippen LogP contribution in [0.4, 0.5) is 10.5 Å². The molecule has 0 heterocycles. The van der Waals surface area contributed by atoms with E-state index in [9.17, 15) is 9.59 Å². The number of aryl methyl sites for hydroxylation is 1. The minimum absolute atomic E-state index is 0.583. The van der Waals surface area contributed by atoms with E-state index in [0.29, 0.717) is 5.69 Å². The van der Waals surface area contributed by atoms with Gasteiger partial charge in [-0.25, -0.2) is 9.59 Å². The molecule has 0 unspecified atom stereocenters. The number of rotatable bonds is 4. The van der Waals surface area contributed by atoms with Crippen LogP contribution in [0.15, 0.2) is 24.3 Å². The summed E-state index contributed by atoms with van der Waals surface area (Å²) in [7, 11) is 1.52. The predicted molar refractivity (Wildman–Crippen MR) is 66.6 cm³/mol. The number of benzene rings is 1. The highest BCUT2D eigenvalue weighted by molar-refractivity contribution is 5.94. The number of aliphatic hydroxyl groups is 1. The molecule has 0 saturated carbocycles. The molecule has 18 heavy (non-hydrogen) atoms. The van der Waals surface area contributed by atoms with Crippen LogP contribution < -0.4 is 10.2 Å². The number of hydrogen-bond donors (Lipinski definition) is 3. The van der Waals surface area contributed by atoms with E-state index >= 15 is 0 Å². The van der Waals surface area contributed by atoms with Crippen LogP contribution in [0.25, 0.3) is 0 Å². The molecule has 0 spiro atoms. The molecule has 1 aromatic carbocycles. The van der Waals surface area contributed by atoms with Crippen LogP contribution in [0, 0.1) is 6.92 Å². The van der Waals surface area contributed by atoms with Gasteiger partial charge in [-0.05, 0) is 19.1 Å². The van der Waals surface area contributed by atoms with Crippen molar-refractivity contribution >= 4 is 17.7 Å². The molecule has 2 amide bonds. The molecular weight excluding hydrogens is 236 g/mol. The van der Waals surface area contributed by atoms with Gasteiger partial charge in [0, 0.05) is 12.7 Å². The fourth-order valence-electron chi connectivity index (χ4n) is 1.32. The quantitative estimate of drug-likeness (QED) is 0.731. The van der Waals surface area contributed by atoms with E-state index in [4.69, 9.17) is 10.2 Å². The average molecular weight is 252 g/mol. The average Bonchev–Trinajstić information content (AvgIpc) is 2.35. The van der Waals surface area contributed by atoms with Gasteiger partial charge in [0.05, 0.1) is 6.61 Å². The van der Waals surface area contributed by atoms with Gasteiger partial charge in [0.15, 0.2) is 6.04 Å². The van der Waals surface area contributed by atoms with Crippen molar-refractivity contribution in [1.29, 1.82) is 0 Å². The molecule has 1 rings (SSSR count). The van der Waals surface area contributed by atoms with E-state index in [1.54, 1.807) is 12.1 Å². The fourth-order valence-corrected chi connectivity index (χ4v) is 1.32. The van der Waals surface area contributed by atoms with Crippen LogP contribution >= 0.6 is 0 Å². The lowest BCUT2D eigenvalue weighted by atomic mass is 10.2. The maximum absolute atomic E-state index is 11.7. The Morgan fingerprint density at radius 2 is 1.89 bits per heavy atom. The van der Waals surface area contributed by atoms with Gasteiger partial charge in [-0.2, -0.15) is 0 Å². The van der Waals surface area contributed by atoms with Gasteiger partial charge < -0.3 is 15.5 Å². The number of carbonyl (C=O) groups excluding carboxylic acids is 1. The first-order chi connectivity index (χ1) is 8.45. The third kappa shape index (κ3) is 3.46. The summed E-state index contributed by atoms with van der Waals surface area (Å²) in [5.41, 5.74) is 1.70. The largest absolute Gasteiger partial charge is 0.480 e. The number of urea groups is 1. The molecule has 3 N–H and O–H groups in total. The van der Waals surface area contributed by atoms with Gasteiger partial charge in [0.25, 0.3) is 0 Å². The SMILES string of the molecule is Cc1ccc(N(C)C(=O)N[C@@H](CO)C(=O)O)cc1. The zero-order valence-corrected chi connectivity index (χ0v) is 10.3. The Hall–Kier alpha value is -2.08. The Bertz CT molecular complexity index is 430. The molecule has 0 aromatic heterocycles. The Labute approximate surface area is 105 Å². The van der Waals surface area contributed by atoms with Gasteiger partial charge in [0.1, 0.15) is 0 Å². The van der Waals surface area contributed by atoms with Crippen molar-refractivity contribution < 1.29 is 19.8 Å². The first kappa shape index (κ1) is 14.0. The number of amides is 2. The molecule has 0 fully saturated rings. The number of nitrogens with one attached hydrogen (secondary N) is 1. The molecular formula is C12H16N2O4. The standard InChI is InChI=1S/C12H16N2O4/c1-8-3-5-9(6-4-8)14(2)12(18)13-10(7-15)11(16)17/h3-6,10,15H,7H2,1-2H3,(H,13,18)(H,16,17)/t10-/m0/s1. The molecule has 0 saturated heterocycles. The Morgan fingerprint density at radius 1 is 1.33 bits per heavy atom. The highest BCUT2D eigenvalue weighted by Crippen LogP contribution is 2.13. The topological polar surface area (TPSA) is 89.9 Å². The summed E-state index contributed by atoms with van der Waals surface area (Å²) in [5.74, 6) is -1.27. The van der Waals surface area contributed by atoms with Gasteiger partial charge in [-0.15, -0.1) is 0 Å². The van der Waals surface area contributed by atoms with E-state index in [-0.39, 0.29) is 0 Å². The van der Waals surface area contributed by atoms with Crippen molar-refractivity contribution in [2.75, 3.05) is 18.6 Å². The third-order valence-corrected chi connectivity index (χ3v) is 2.50. The number of aliphatic carboxylic acids is 1. The molecule has 6 nitrogen and oxygen atoms in total. The molecule has 0 aliphatic carbocycles. The highest BCUT2D eigenvalue weighted by atomic mass is 16.4. The lowest BCUT2D eigenvalue weighted by Gasteiger charge is -2.20. The van der Waals surface area contributed by atoms with E-state index in [1.807, 2.05) is 19.1 Å². The summed E-state index contributed by atoms with van der Waals surface area (Å²) in [5, 5.41) is 19.8. The van der Waals surface area contributed by atoms with Crippen molar-refractivity contribution in [3.8, 4) is 0 Å². The lowest BCUT2D eigenvalue weighted by molar-refractivity contribution is -0.140. The van der Waals surface area contributed by atoms with E-state index in [1.165, 1.54) is 11.9 Å². The Morgan fingerprint density at radius 3 is 2.33 bits per heavy atom. The second-order valence-corrected chi connectivity index (χ2v) is 3.92. The van der Waals surface area contributed by atoms with Crippen molar-refractivity contribution in [2.45, 2.75) is 13.0 Å². The number of carboxylic acid groups (broad SMARTS) is 1. The smallest absolute Gasteiger partial charge is 0.328 e. The Balaban J connectivity index is 2.72. The van der Waals surface area contributed by atoms with Gasteiger partial charge >= 0.3 is 12.0 Å². The van der Waals surface area contributed by atoms with Crippen LogP contribution in [0.2, 0.25) is 0 Å². The predicted octanol–water partition coefficient (Wildman–Crippen LogP) is 0.586. The minimum atomic E-state index is -1.30. The van der Waals surface area contributed by atoms with Crippen LogP contribution in [-0.2, 0) is 4.79 Å². The summed E-state index contributed by atoms with van der Waals surface area (Å²) >= 11 is 0. The minimum Gasteiger partial charge on any atom is -0.480 e. The number of carbonyl (C=O) groups is 2. The third-order valence-electron chi connectivity index (χ3n) is 2.50. The van der Waals surface area contributed by atoms with Crippen molar-refractivity contribution in [3.05, 3.63) is 29.8 Å². The molecule has 98 valence electrons. The Kier molecular flexibility index (Phi) is 4.67. The number of nitrogens with zero attached hydrogens (tertiary/aromatic N) is 1. The molecule has 0 aliphatic rings.